The van der Waals surface area contributed by atoms with Crippen LogP contribution in [0.2, 0.25) is 5.02 Å². The zero-order chi connectivity index (χ0) is 27.2. The number of anilines is 1. The molecule has 1 atom stereocenters. The van der Waals surface area contributed by atoms with Crippen molar-refractivity contribution < 1.29 is 19.1 Å². The molecular weight excluding hydrogens is 494 g/mol. The molecule has 1 unspecified atom stereocenters. The summed E-state index contributed by atoms with van der Waals surface area (Å²) in [5.74, 6) is 0.618. The van der Waals surface area contributed by atoms with Crippen LogP contribution in [0.1, 0.15) is 45.4 Å². The summed E-state index contributed by atoms with van der Waals surface area (Å²) in [5.41, 5.74) is 2.16. The van der Waals surface area contributed by atoms with Crippen molar-refractivity contribution in [2.45, 2.75) is 52.2 Å². The van der Waals surface area contributed by atoms with Crippen LogP contribution in [0.25, 0.3) is 5.57 Å². The molecule has 0 saturated carbocycles. The van der Waals surface area contributed by atoms with Gasteiger partial charge >= 0.3 is 6.09 Å². The Labute approximate surface area is 223 Å². The van der Waals surface area contributed by atoms with E-state index in [1.165, 1.54) is 6.20 Å². The molecule has 200 valence electrons. The van der Waals surface area contributed by atoms with Crippen LogP contribution in [0.15, 0.2) is 36.7 Å². The number of nitrogens with one attached hydrogen (secondary N) is 1. The molecule has 2 amide bonds. The molecule has 2 aromatic rings. The van der Waals surface area contributed by atoms with Gasteiger partial charge in [-0.25, -0.2) is 9.78 Å². The number of likely N-dealkylation sites (N-methyl/N-ethyl adjacent to an activating group) is 1. The van der Waals surface area contributed by atoms with Crippen molar-refractivity contribution in [1.29, 1.82) is 0 Å². The topological polar surface area (TPSA) is 96.9 Å². The van der Waals surface area contributed by atoms with Gasteiger partial charge in [0.2, 0.25) is 5.91 Å². The van der Waals surface area contributed by atoms with Gasteiger partial charge in [0.1, 0.15) is 28.3 Å². The Morgan fingerprint density at radius 2 is 1.97 bits per heavy atom. The van der Waals surface area contributed by atoms with Gasteiger partial charge in [-0.1, -0.05) is 23.7 Å². The lowest BCUT2D eigenvalue weighted by Crippen LogP contribution is -2.39. The predicted molar refractivity (Wildman–Crippen MR) is 145 cm³/mol. The van der Waals surface area contributed by atoms with E-state index in [1.54, 1.807) is 17.2 Å². The minimum absolute atomic E-state index is 0.0808. The maximum Gasteiger partial charge on any atom is 0.410 e. The van der Waals surface area contributed by atoms with E-state index < -0.39 is 5.60 Å². The van der Waals surface area contributed by atoms with Crippen LogP contribution < -0.4 is 10.1 Å². The number of pyridine rings is 2. The molecule has 3 rings (SSSR count). The highest BCUT2D eigenvalue weighted by atomic mass is 35.5. The first-order valence-corrected chi connectivity index (χ1v) is 12.7. The molecule has 2 aromatic heterocycles. The number of carbonyl (C=O) groups is 2. The Bertz CT molecular complexity index is 1130. The van der Waals surface area contributed by atoms with Gasteiger partial charge in [-0.2, -0.15) is 0 Å². The number of hydrogen-bond acceptors (Lipinski definition) is 7. The summed E-state index contributed by atoms with van der Waals surface area (Å²) in [4.78, 5) is 37.3. The second-order valence-electron chi connectivity index (χ2n) is 10.4. The molecule has 1 aliphatic heterocycles. The van der Waals surface area contributed by atoms with Crippen molar-refractivity contribution in [1.82, 2.24) is 19.8 Å². The van der Waals surface area contributed by atoms with Crippen LogP contribution in [0.4, 0.5) is 10.6 Å². The maximum atomic E-state index is 12.6. The highest BCUT2D eigenvalue weighted by molar-refractivity contribution is 6.32. The standard InChI is InChI=1S/C27H36ClN5O4/c1-18(17-32(5)6)36-23-14-24(30-16-21(23)28)31-25(34)13-19-7-8-22(29-15-19)20-9-11-33(12-10-20)26(35)37-27(2,3)4/h7-9,14-16,18H,10-13,17H2,1-6H3,(H,30,31,34). The van der Waals surface area contributed by atoms with Crippen molar-refractivity contribution in [3.8, 4) is 5.75 Å². The van der Waals surface area contributed by atoms with Crippen molar-refractivity contribution in [3.05, 3.63) is 52.9 Å². The Kier molecular flexibility index (Phi) is 9.50. The predicted octanol–water partition coefficient (Wildman–Crippen LogP) is 4.66. The molecular formula is C27H36ClN5O4. The fraction of sp³-hybridized carbons (Fsp3) is 0.481. The van der Waals surface area contributed by atoms with Gasteiger partial charge in [0.05, 0.1) is 18.3 Å². The Morgan fingerprint density at radius 3 is 2.57 bits per heavy atom. The number of rotatable bonds is 8. The first-order chi connectivity index (χ1) is 17.4. The molecule has 37 heavy (non-hydrogen) atoms. The van der Waals surface area contributed by atoms with Gasteiger partial charge in [-0.3, -0.25) is 9.78 Å². The summed E-state index contributed by atoms with van der Waals surface area (Å²) in [6.07, 6.45) is 5.60. The van der Waals surface area contributed by atoms with Gasteiger partial charge in [0, 0.05) is 31.9 Å². The van der Waals surface area contributed by atoms with Gasteiger partial charge in [0.15, 0.2) is 0 Å². The number of carbonyl (C=O) groups excluding carboxylic acids is 2. The van der Waals surface area contributed by atoms with Crippen LogP contribution >= 0.6 is 11.6 Å². The number of nitrogens with zero attached hydrogens (tertiary/aromatic N) is 4. The third-order valence-corrected chi connectivity index (χ3v) is 5.70. The average Bonchev–Trinajstić information content (AvgIpc) is 2.80. The van der Waals surface area contributed by atoms with Crippen LogP contribution in [-0.4, -0.2) is 77.2 Å². The van der Waals surface area contributed by atoms with Gasteiger partial charge in [-0.05, 0) is 65.4 Å². The molecule has 0 spiro atoms. The zero-order valence-corrected chi connectivity index (χ0v) is 23.1. The van der Waals surface area contributed by atoms with Gasteiger partial charge in [0.25, 0.3) is 0 Å². The molecule has 3 heterocycles. The first-order valence-electron chi connectivity index (χ1n) is 12.3. The summed E-state index contributed by atoms with van der Waals surface area (Å²) >= 11 is 6.22. The zero-order valence-electron chi connectivity index (χ0n) is 22.4. The number of hydrogen-bond donors (Lipinski definition) is 1. The molecule has 10 heteroatoms. The summed E-state index contributed by atoms with van der Waals surface area (Å²) in [6, 6.07) is 5.41. The van der Waals surface area contributed by atoms with Crippen molar-refractivity contribution in [2.75, 3.05) is 39.0 Å². The lowest BCUT2D eigenvalue weighted by atomic mass is 10.0. The van der Waals surface area contributed by atoms with Crippen LogP contribution in [0.3, 0.4) is 0 Å². The summed E-state index contributed by atoms with van der Waals surface area (Å²) < 4.78 is 11.3. The minimum Gasteiger partial charge on any atom is -0.488 e. The van der Waals surface area contributed by atoms with Crippen LogP contribution in [0.5, 0.6) is 5.75 Å². The van der Waals surface area contributed by atoms with Gasteiger partial charge < -0.3 is 24.6 Å². The third kappa shape index (κ3) is 9.02. The number of aromatic nitrogens is 2. The third-order valence-electron chi connectivity index (χ3n) is 5.42. The SMILES string of the molecule is CC(CN(C)C)Oc1cc(NC(=O)Cc2ccc(C3=CCN(C(=O)OC(C)(C)C)CC3)nc2)ncc1Cl. The van der Waals surface area contributed by atoms with Crippen molar-refractivity contribution in [2.24, 2.45) is 0 Å². The van der Waals surface area contributed by atoms with E-state index in [0.29, 0.717) is 36.1 Å². The monoisotopic (exact) mass is 529 g/mol. The quantitative estimate of drug-likeness (QED) is 0.531. The molecule has 0 saturated heterocycles. The molecule has 0 radical (unpaired) electrons. The van der Waals surface area contributed by atoms with E-state index >= 15 is 0 Å². The fourth-order valence-corrected chi connectivity index (χ4v) is 3.98. The first kappa shape index (κ1) is 28.4. The van der Waals surface area contributed by atoms with E-state index in [1.807, 2.05) is 64.9 Å². The van der Waals surface area contributed by atoms with E-state index in [-0.39, 0.29) is 24.5 Å². The fourth-order valence-electron chi connectivity index (χ4n) is 3.83. The van der Waals surface area contributed by atoms with Crippen LogP contribution in [0, 0.1) is 0 Å². The van der Waals surface area contributed by atoms with E-state index in [9.17, 15) is 9.59 Å². The van der Waals surface area contributed by atoms with Gasteiger partial charge in [-0.15, -0.1) is 0 Å². The second kappa shape index (κ2) is 12.4. The Morgan fingerprint density at radius 1 is 1.22 bits per heavy atom. The molecule has 9 nitrogen and oxygen atoms in total. The molecule has 0 aliphatic carbocycles. The number of ether oxygens (including phenoxy) is 2. The number of halogens is 1. The molecule has 0 aromatic carbocycles. The van der Waals surface area contributed by atoms with E-state index in [4.69, 9.17) is 21.1 Å². The molecule has 1 N–H and O–H groups in total. The minimum atomic E-state index is -0.519. The Balaban J connectivity index is 1.55. The Hall–Kier alpha value is -3.17. The molecule has 0 bridgehead atoms. The van der Waals surface area contributed by atoms with E-state index in [2.05, 4.69) is 15.3 Å². The lowest BCUT2D eigenvalue weighted by Gasteiger charge is -2.29. The summed E-state index contributed by atoms with van der Waals surface area (Å²) in [6.45, 7) is 9.28. The smallest absolute Gasteiger partial charge is 0.410 e. The molecule has 1 aliphatic rings. The maximum absolute atomic E-state index is 12.6. The normalized spacial score (nSPS) is 14.7. The number of amides is 2. The van der Waals surface area contributed by atoms with Crippen molar-refractivity contribution in [3.63, 3.8) is 0 Å². The average molecular weight is 530 g/mol. The van der Waals surface area contributed by atoms with Crippen molar-refractivity contribution >= 4 is 35.0 Å². The largest absolute Gasteiger partial charge is 0.488 e. The lowest BCUT2D eigenvalue weighted by molar-refractivity contribution is -0.115. The summed E-state index contributed by atoms with van der Waals surface area (Å²) in [5, 5.41) is 3.18. The summed E-state index contributed by atoms with van der Waals surface area (Å²) in [7, 11) is 3.93. The highest BCUT2D eigenvalue weighted by Gasteiger charge is 2.24. The van der Waals surface area contributed by atoms with Crippen LogP contribution in [-0.2, 0) is 16.0 Å². The van der Waals surface area contributed by atoms with E-state index in [0.717, 1.165) is 23.4 Å². The highest BCUT2D eigenvalue weighted by Crippen LogP contribution is 2.27. The molecule has 0 fully saturated rings. The second-order valence-corrected chi connectivity index (χ2v) is 10.8.